The molecule has 0 spiro atoms. The fraction of sp³-hybridized carbons (Fsp3) is 0.591. The molecule has 0 saturated carbocycles. The van der Waals surface area contributed by atoms with E-state index in [1.54, 1.807) is 19.5 Å². The van der Waals surface area contributed by atoms with Crippen molar-refractivity contribution in [1.82, 2.24) is 0 Å². The van der Waals surface area contributed by atoms with Crippen LogP contribution in [0.2, 0.25) is 0 Å². The summed E-state index contributed by atoms with van der Waals surface area (Å²) in [5.74, 6) is -0.241. The van der Waals surface area contributed by atoms with E-state index in [-0.39, 0.29) is 5.97 Å². The summed E-state index contributed by atoms with van der Waals surface area (Å²) in [6, 6.07) is 1.96. The summed E-state index contributed by atoms with van der Waals surface area (Å²) in [5.41, 5.74) is 2.58. The monoisotopic (exact) mass is 376 g/mol. The van der Waals surface area contributed by atoms with Crippen LogP contribution in [0.15, 0.2) is 46.3 Å². The second-order valence-electron chi connectivity index (χ2n) is 7.85. The van der Waals surface area contributed by atoms with Crippen molar-refractivity contribution in [2.45, 2.75) is 83.5 Å². The van der Waals surface area contributed by atoms with E-state index < -0.39 is 17.8 Å². The first kappa shape index (κ1) is 21.5. The smallest absolute Gasteiger partial charge is 0.306 e. The number of rotatable bonds is 10. The molecule has 2 heterocycles. The van der Waals surface area contributed by atoms with Gasteiger partial charge in [0.2, 0.25) is 0 Å². The first-order valence-electron chi connectivity index (χ1n) is 9.70. The lowest BCUT2D eigenvalue weighted by atomic mass is 9.91. The summed E-state index contributed by atoms with van der Waals surface area (Å²) in [4.78, 5) is 11.3. The molecule has 27 heavy (non-hydrogen) atoms. The number of furan rings is 1. The second kappa shape index (κ2) is 9.90. The molecule has 0 bridgehead atoms. The number of carbonyl (C=O) groups is 1. The van der Waals surface area contributed by atoms with Crippen LogP contribution in [0.4, 0.5) is 0 Å². The van der Waals surface area contributed by atoms with E-state index >= 15 is 0 Å². The summed E-state index contributed by atoms with van der Waals surface area (Å²) in [6.45, 7) is 5.77. The fourth-order valence-corrected chi connectivity index (χ4v) is 3.42. The average molecular weight is 376 g/mol. The van der Waals surface area contributed by atoms with Gasteiger partial charge in [-0.25, -0.2) is 0 Å². The van der Waals surface area contributed by atoms with E-state index in [1.165, 1.54) is 5.56 Å². The van der Waals surface area contributed by atoms with Crippen LogP contribution in [-0.2, 0) is 16.0 Å². The lowest BCUT2D eigenvalue weighted by Crippen LogP contribution is -2.39. The molecule has 1 aliphatic heterocycles. The summed E-state index contributed by atoms with van der Waals surface area (Å²) >= 11 is 0. The molecule has 0 radical (unpaired) electrons. The van der Waals surface area contributed by atoms with Crippen molar-refractivity contribution >= 4 is 5.97 Å². The maximum atomic E-state index is 11.3. The maximum Gasteiger partial charge on any atom is 0.306 e. The topological polar surface area (TPSA) is 79.9 Å². The first-order valence-corrected chi connectivity index (χ1v) is 9.70. The standard InChI is InChI=1S/C22H32O5/c1-16(5-4-6-18-10-12-26-15-18)13-19(23)14-17(2)7-8-20(24)22(3)11-9-21(25)27-22/h5,10,12,14-15,19-20,23-24H,4,6-9,11,13H2,1-3H3/t19-,20+,22-/m0/s1. The van der Waals surface area contributed by atoms with E-state index in [4.69, 9.17) is 9.15 Å². The van der Waals surface area contributed by atoms with Gasteiger partial charge in [-0.05, 0) is 70.9 Å². The molecule has 1 aromatic rings. The highest BCUT2D eigenvalue weighted by molar-refractivity contribution is 5.72. The molecule has 150 valence electrons. The van der Waals surface area contributed by atoms with Gasteiger partial charge in [-0.1, -0.05) is 23.3 Å². The van der Waals surface area contributed by atoms with Crippen LogP contribution in [0, 0.1) is 0 Å². The van der Waals surface area contributed by atoms with Gasteiger partial charge in [0.1, 0.15) is 5.60 Å². The zero-order valence-electron chi connectivity index (χ0n) is 16.6. The molecule has 0 aromatic carbocycles. The summed E-state index contributed by atoms with van der Waals surface area (Å²) < 4.78 is 10.3. The summed E-state index contributed by atoms with van der Waals surface area (Å²) in [7, 11) is 0. The van der Waals surface area contributed by atoms with Crippen LogP contribution in [0.1, 0.15) is 64.9 Å². The van der Waals surface area contributed by atoms with Gasteiger partial charge in [0, 0.05) is 6.42 Å². The van der Waals surface area contributed by atoms with Crippen molar-refractivity contribution < 1.29 is 24.2 Å². The van der Waals surface area contributed by atoms with Crippen molar-refractivity contribution in [2.24, 2.45) is 0 Å². The number of carbonyl (C=O) groups excluding carboxylic acids is 1. The Morgan fingerprint density at radius 2 is 2.11 bits per heavy atom. The Balaban J connectivity index is 1.73. The largest absolute Gasteiger partial charge is 0.472 e. The number of allylic oxidation sites excluding steroid dienone is 2. The van der Waals surface area contributed by atoms with E-state index in [2.05, 4.69) is 6.08 Å². The van der Waals surface area contributed by atoms with Gasteiger partial charge in [0.25, 0.3) is 0 Å². The van der Waals surface area contributed by atoms with Crippen LogP contribution in [0.5, 0.6) is 0 Å². The number of cyclic esters (lactones) is 1. The molecule has 1 saturated heterocycles. The fourth-order valence-electron chi connectivity index (χ4n) is 3.42. The predicted octanol–water partition coefficient (Wildman–Crippen LogP) is 4.09. The molecule has 2 N–H and O–H groups in total. The number of aliphatic hydroxyl groups excluding tert-OH is 2. The molecule has 1 aromatic heterocycles. The highest BCUT2D eigenvalue weighted by Gasteiger charge is 2.41. The van der Waals surface area contributed by atoms with Crippen molar-refractivity contribution in [2.75, 3.05) is 0 Å². The molecule has 0 amide bonds. The van der Waals surface area contributed by atoms with Crippen LogP contribution >= 0.6 is 0 Å². The van der Waals surface area contributed by atoms with Crippen molar-refractivity contribution in [3.8, 4) is 0 Å². The van der Waals surface area contributed by atoms with Crippen molar-refractivity contribution in [3.05, 3.63) is 47.5 Å². The summed E-state index contributed by atoms with van der Waals surface area (Å²) in [6.07, 6.45) is 10.8. The molecule has 0 unspecified atom stereocenters. The van der Waals surface area contributed by atoms with Gasteiger partial charge in [-0.2, -0.15) is 0 Å². The van der Waals surface area contributed by atoms with E-state index in [9.17, 15) is 15.0 Å². The molecule has 3 atom stereocenters. The van der Waals surface area contributed by atoms with Gasteiger partial charge in [-0.3, -0.25) is 4.79 Å². The number of hydrogen-bond donors (Lipinski definition) is 2. The number of esters is 1. The third-order valence-corrected chi connectivity index (χ3v) is 5.20. The predicted molar refractivity (Wildman–Crippen MR) is 104 cm³/mol. The molecular weight excluding hydrogens is 344 g/mol. The van der Waals surface area contributed by atoms with E-state index in [1.807, 2.05) is 26.0 Å². The Morgan fingerprint density at radius 1 is 1.33 bits per heavy atom. The molecule has 5 nitrogen and oxygen atoms in total. The zero-order valence-corrected chi connectivity index (χ0v) is 16.6. The van der Waals surface area contributed by atoms with E-state index in [0.29, 0.717) is 32.1 Å². The Kier molecular flexibility index (Phi) is 7.87. The minimum atomic E-state index is -0.774. The number of aryl methyl sites for hydroxylation is 1. The molecule has 0 aliphatic carbocycles. The van der Waals surface area contributed by atoms with Crippen LogP contribution in [0.25, 0.3) is 0 Å². The van der Waals surface area contributed by atoms with E-state index in [0.717, 1.165) is 24.0 Å². The Hall–Kier alpha value is -1.85. The normalized spacial score (nSPS) is 23.4. The van der Waals surface area contributed by atoms with Crippen LogP contribution in [-0.4, -0.2) is 34.0 Å². The Morgan fingerprint density at radius 3 is 2.74 bits per heavy atom. The summed E-state index contributed by atoms with van der Waals surface area (Å²) in [5, 5.41) is 20.6. The lowest BCUT2D eigenvalue weighted by Gasteiger charge is -2.28. The van der Waals surface area contributed by atoms with Gasteiger partial charge in [0.05, 0.1) is 24.7 Å². The van der Waals surface area contributed by atoms with Crippen molar-refractivity contribution in [1.29, 1.82) is 0 Å². The molecule has 2 rings (SSSR count). The molecule has 1 aliphatic rings. The number of hydrogen-bond acceptors (Lipinski definition) is 5. The zero-order chi connectivity index (χ0) is 19.9. The lowest BCUT2D eigenvalue weighted by molar-refractivity contribution is -0.156. The molecular formula is C22H32O5. The third-order valence-electron chi connectivity index (χ3n) is 5.20. The van der Waals surface area contributed by atoms with Crippen molar-refractivity contribution in [3.63, 3.8) is 0 Å². The highest BCUT2D eigenvalue weighted by atomic mass is 16.6. The minimum absolute atomic E-state index is 0.241. The quantitative estimate of drug-likeness (QED) is 0.475. The average Bonchev–Trinajstić information content (AvgIpc) is 3.22. The molecule has 5 heteroatoms. The number of ether oxygens (including phenoxy) is 1. The second-order valence-corrected chi connectivity index (χ2v) is 7.85. The SMILES string of the molecule is CC(=C[C@@H](O)CC(C)=CCCc1ccoc1)CC[C@@H](O)[C@]1(C)CCC(=O)O1. The van der Waals surface area contributed by atoms with Gasteiger partial charge < -0.3 is 19.4 Å². The van der Waals surface area contributed by atoms with Crippen LogP contribution < -0.4 is 0 Å². The molecule has 1 fully saturated rings. The minimum Gasteiger partial charge on any atom is -0.472 e. The first-order chi connectivity index (χ1) is 12.8. The van der Waals surface area contributed by atoms with Gasteiger partial charge in [-0.15, -0.1) is 0 Å². The van der Waals surface area contributed by atoms with Crippen LogP contribution in [0.3, 0.4) is 0 Å². The van der Waals surface area contributed by atoms with Gasteiger partial charge in [0.15, 0.2) is 0 Å². The highest BCUT2D eigenvalue weighted by Crippen LogP contribution is 2.32. The maximum absolute atomic E-state index is 11.3. The third kappa shape index (κ3) is 7.00. The Labute approximate surface area is 161 Å². The van der Waals surface area contributed by atoms with Gasteiger partial charge >= 0.3 is 5.97 Å². The number of aliphatic hydroxyl groups is 2. The Bertz CT molecular complexity index is 658.